The highest BCUT2D eigenvalue weighted by molar-refractivity contribution is 6.31. The average Bonchev–Trinajstić information content (AvgIpc) is 2.53. The molecule has 0 radical (unpaired) electrons. The largest absolute Gasteiger partial charge is 0.496 e. The molecule has 3 rings (SSSR count). The van der Waals surface area contributed by atoms with Crippen LogP contribution in [0.2, 0.25) is 5.02 Å². The first kappa shape index (κ1) is 14.0. The number of hydrogen-bond donors (Lipinski definition) is 1. The Bertz CT molecular complexity index is 657. The maximum atomic E-state index is 10.6. The molecule has 4 nitrogen and oxygen atoms in total. The molecule has 0 amide bonds. The number of aliphatic hydroxyl groups is 1. The SMILES string of the molecule is COc1ccccc1C(O)c1cc2c(cc1Cl)OCCO2. The average molecular weight is 307 g/mol. The van der Waals surface area contributed by atoms with Crippen molar-refractivity contribution in [1.82, 2.24) is 0 Å². The minimum Gasteiger partial charge on any atom is -0.496 e. The monoisotopic (exact) mass is 306 g/mol. The Morgan fingerprint density at radius 3 is 2.48 bits per heavy atom. The third-order valence-electron chi connectivity index (χ3n) is 3.39. The lowest BCUT2D eigenvalue weighted by molar-refractivity contribution is 0.169. The molecular weight excluding hydrogens is 292 g/mol. The Balaban J connectivity index is 2.03. The highest BCUT2D eigenvalue weighted by atomic mass is 35.5. The van der Waals surface area contributed by atoms with Crippen LogP contribution in [0.3, 0.4) is 0 Å². The number of fused-ring (bicyclic) bond motifs is 1. The molecule has 0 fully saturated rings. The van der Waals surface area contributed by atoms with Gasteiger partial charge < -0.3 is 19.3 Å². The molecule has 1 aliphatic heterocycles. The summed E-state index contributed by atoms with van der Waals surface area (Å²) >= 11 is 6.27. The first-order valence-corrected chi connectivity index (χ1v) is 6.98. The van der Waals surface area contributed by atoms with Crippen LogP contribution in [0.1, 0.15) is 17.2 Å². The Morgan fingerprint density at radius 1 is 1.10 bits per heavy atom. The van der Waals surface area contributed by atoms with E-state index in [1.54, 1.807) is 31.4 Å². The summed E-state index contributed by atoms with van der Waals surface area (Å²) in [7, 11) is 1.57. The third kappa shape index (κ3) is 2.64. The van der Waals surface area contributed by atoms with E-state index in [1.165, 1.54) is 0 Å². The maximum Gasteiger partial charge on any atom is 0.162 e. The maximum absolute atomic E-state index is 10.6. The molecule has 1 heterocycles. The van der Waals surface area contributed by atoms with Crippen LogP contribution >= 0.6 is 11.6 Å². The minimum atomic E-state index is -0.899. The van der Waals surface area contributed by atoms with Gasteiger partial charge >= 0.3 is 0 Å². The molecule has 1 unspecified atom stereocenters. The fourth-order valence-electron chi connectivity index (χ4n) is 2.35. The number of rotatable bonds is 3. The molecule has 110 valence electrons. The first-order valence-electron chi connectivity index (χ1n) is 6.60. The molecule has 5 heteroatoms. The lowest BCUT2D eigenvalue weighted by Crippen LogP contribution is -2.16. The van der Waals surface area contributed by atoms with Gasteiger partial charge in [-0.3, -0.25) is 0 Å². The van der Waals surface area contributed by atoms with E-state index in [4.69, 9.17) is 25.8 Å². The van der Waals surface area contributed by atoms with E-state index in [0.29, 0.717) is 46.6 Å². The Labute approximate surface area is 127 Å². The molecule has 21 heavy (non-hydrogen) atoms. The minimum absolute atomic E-state index is 0.428. The Hall–Kier alpha value is -1.91. The van der Waals surface area contributed by atoms with E-state index in [2.05, 4.69) is 0 Å². The van der Waals surface area contributed by atoms with Crippen molar-refractivity contribution in [3.63, 3.8) is 0 Å². The number of methoxy groups -OCH3 is 1. The van der Waals surface area contributed by atoms with Crippen molar-refractivity contribution >= 4 is 11.6 Å². The second-order valence-electron chi connectivity index (χ2n) is 4.66. The molecule has 0 aromatic heterocycles. The van der Waals surface area contributed by atoms with Crippen molar-refractivity contribution in [2.75, 3.05) is 20.3 Å². The topological polar surface area (TPSA) is 47.9 Å². The van der Waals surface area contributed by atoms with E-state index >= 15 is 0 Å². The highest BCUT2D eigenvalue weighted by Crippen LogP contribution is 2.40. The van der Waals surface area contributed by atoms with Crippen molar-refractivity contribution < 1.29 is 19.3 Å². The summed E-state index contributed by atoms with van der Waals surface area (Å²) in [6.07, 6.45) is -0.899. The summed E-state index contributed by atoms with van der Waals surface area (Å²) in [5, 5.41) is 11.1. The van der Waals surface area contributed by atoms with Gasteiger partial charge in [-0.15, -0.1) is 0 Å². The molecule has 0 aliphatic carbocycles. The molecule has 1 atom stereocenters. The molecule has 1 aliphatic rings. The molecule has 1 N–H and O–H groups in total. The first-order chi connectivity index (χ1) is 10.2. The quantitative estimate of drug-likeness (QED) is 0.946. The number of halogens is 1. The number of hydrogen-bond acceptors (Lipinski definition) is 4. The molecule has 2 aromatic rings. The van der Waals surface area contributed by atoms with Gasteiger partial charge in [0.25, 0.3) is 0 Å². The zero-order chi connectivity index (χ0) is 14.8. The third-order valence-corrected chi connectivity index (χ3v) is 3.72. The van der Waals surface area contributed by atoms with Gasteiger partial charge in [-0.1, -0.05) is 29.8 Å². The number of aliphatic hydroxyl groups excluding tert-OH is 1. The van der Waals surface area contributed by atoms with E-state index in [9.17, 15) is 5.11 Å². The predicted octanol–water partition coefficient (Wildman–Crippen LogP) is 3.20. The van der Waals surface area contributed by atoms with Crippen molar-refractivity contribution in [2.24, 2.45) is 0 Å². The van der Waals surface area contributed by atoms with Crippen molar-refractivity contribution in [3.05, 3.63) is 52.5 Å². The van der Waals surface area contributed by atoms with Gasteiger partial charge in [0, 0.05) is 17.2 Å². The number of ether oxygens (including phenoxy) is 3. The second-order valence-corrected chi connectivity index (χ2v) is 5.07. The van der Waals surface area contributed by atoms with E-state index in [1.807, 2.05) is 12.1 Å². The van der Waals surface area contributed by atoms with Crippen LogP contribution < -0.4 is 14.2 Å². The van der Waals surface area contributed by atoms with Gasteiger partial charge in [0.1, 0.15) is 25.1 Å². The smallest absolute Gasteiger partial charge is 0.162 e. The van der Waals surface area contributed by atoms with Crippen LogP contribution in [-0.2, 0) is 0 Å². The Morgan fingerprint density at radius 2 is 1.76 bits per heavy atom. The summed E-state index contributed by atoms with van der Waals surface area (Å²) < 4.78 is 16.3. The van der Waals surface area contributed by atoms with Crippen LogP contribution in [0.25, 0.3) is 0 Å². The second kappa shape index (κ2) is 5.84. The van der Waals surface area contributed by atoms with E-state index < -0.39 is 6.10 Å². The Kier molecular flexibility index (Phi) is 3.90. The van der Waals surface area contributed by atoms with Crippen LogP contribution in [-0.4, -0.2) is 25.4 Å². The summed E-state index contributed by atoms with van der Waals surface area (Å²) in [5.74, 6) is 1.80. The van der Waals surface area contributed by atoms with Crippen LogP contribution in [0, 0.1) is 0 Å². The van der Waals surface area contributed by atoms with Gasteiger partial charge in [-0.2, -0.15) is 0 Å². The van der Waals surface area contributed by atoms with Gasteiger partial charge in [0.15, 0.2) is 11.5 Å². The van der Waals surface area contributed by atoms with Crippen LogP contribution in [0.4, 0.5) is 0 Å². The number of para-hydroxylation sites is 1. The molecule has 0 bridgehead atoms. The zero-order valence-electron chi connectivity index (χ0n) is 11.5. The van der Waals surface area contributed by atoms with Gasteiger partial charge in [-0.25, -0.2) is 0 Å². The van der Waals surface area contributed by atoms with Gasteiger partial charge in [0.05, 0.1) is 12.1 Å². The zero-order valence-corrected chi connectivity index (χ0v) is 12.3. The summed E-state index contributed by atoms with van der Waals surface area (Å²) in [5.41, 5.74) is 1.21. The fourth-order valence-corrected chi connectivity index (χ4v) is 2.61. The standard InChI is InChI=1S/C16H15ClO4/c1-19-13-5-3-2-4-10(13)16(18)11-8-14-15(9-12(11)17)21-7-6-20-14/h2-5,8-9,16,18H,6-7H2,1H3. The fraction of sp³-hybridized carbons (Fsp3) is 0.250. The molecule has 0 saturated carbocycles. The highest BCUT2D eigenvalue weighted by Gasteiger charge is 2.22. The summed E-state index contributed by atoms with van der Waals surface area (Å²) in [6.45, 7) is 0.983. The lowest BCUT2D eigenvalue weighted by Gasteiger charge is -2.22. The van der Waals surface area contributed by atoms with E-state index in [-0.39, 0.29) is 0 Å². The van der Waals surface area contributed by atoms with E-state index in [0.717, 1.165) is 0 Å². The summed E-state index contributed by atoms with van der Waals surface area (Å²) in [6, 6.07) is 10.7. The number of benzene rings is 2. The molecule has 2 aromatic carbocycles. The summed E-state index contributed by atoms with van der Waals surface area (Å²) in [4.78, 5) is 0. The van der Waals surface area contributed by atoms with Crippen molar-refractivity contribution in [3.8, 4) is 17.2 Å². The van der Waals surface area contributed by atoms with Crippen LogP contribution in [0.5, 0.6) is 17.2 Å². The van der Waals surface area contributed by atoms with Crippen molar-refractivity contribution in [2.45, 2.75) is 6.10 Å². The predicted molar refractivity (Wildman–Crippen MR) is 79.5 cm³/mol. The van der Waals surface area contributed by atoms with Gasteiger partial charge in [-0.05, 0) is 12.1 Å². The lowest BCUT2D eigenvalue weighted by atomic mass is 10.00. The van der Waals surface area contributed by atoms with Crippen molar-refractivity contribution in [1.29, 1.82) is 0 Å². The molecular formula is C16H15ClO4. The normalized spacial score (nSPS) is 14.6. The van der Waals surface area contributed by atoms with Gasteiger partial charge in [0.2, 0.25) is 0 Å². The van der Waals surface area contributed by atoms with Crippen LogP contribution in [0.15, 0.2) is 36.4 Å². The molecule has 0 saturated heterocycles. The molecule has 0 spiro atoms.